The molecule has 0 saturated carbocycles. The maximum atomic E-state index is 12.9. The van der Waals surface area contributed by atoms with Crippen molar-refractivity contribution in [2.75, 3.05) is 24.5 Å². The average molecular weight is 337 g/mol. The Hall–Kier alpha value is -1.44. The van der Waals surface area contributed by atoms with E-state index < -0.39 is 10.0 Å². The molecule has 0 radical (unpaired) electrons. The third-order valence-corrected chi connectivity index (χ3v) is 6.77. The van der Waals surface area contributed by atoms with E-state index in [9.17, 15) is 13.2 Å². The Bertz CT molecular complexity index is 732. The van der Waals surface area contributed by atoms with E-state index in [0.29, 0.717) is 26.1 Å². The monoisotopic (exact) mass is 337 g/mol. The zero-order valence-corrected chi connectivity index (χ0v) is 14.3. The summed E-state index contributed by atoms with van der Waals surface area (Å²) in [5, 5.41) is 0. The van der Waals surface area contributed by atoms with Gasteiger partial charge in [0.15, 0.2) is 0 Å². The van der Waals surface area contributed by atoms with Crippen LogP contribution >= 0.6 is 0 Å². The van der Waals surface area contributed by atoms with E-state index >= 15 is 0 Å². The molecule has 7 heteroatoms. The molecule has 2 atom stereocenters. The van der Waals surface area contributed by atoms with Gasteiger partial charge in [-0.15, -0.1) is 0 Å². The summed E-state index contributed by atoms with van der Waals surface area (Å²) in [6.45, 7) is 4.98. The smallest absolute Gasteiger partial charge is 0.243 e. The highest BCUT2D eigenvalue weighted by Crippen LogP contribution is 2.32. The molecule has 2 N–H and O–H groups in total. The molecule has 1 amide bonds. The van der Waals surface area contributed by atoms with Crippen molar-refractivity contribution in [2.24, 2.45) is 11.7 Å². The van der Waals surface area contributed by atoms with Gasteiger partial charge in [-0.3, -0.25) is 4.79 Å². The molecule has 2 heterocycles. The summed E-state index contributed by atoms with van der Waals surface area (Å²) >= 11 is 0. The molecule has 1 fully saturated rings. The summed E-state index contributed by atoms with van der Waals surface area (Å²) in [6, 6.07) is 5.16. The summed E-state index contributed by atoms with van der Waals surface area (Å²) in [7, 11) is -3.55. The Morgan fingerprint density at radius 2 is 2.04 bits per heavy atom. The van der Waals surface area contributed by atoms with Crippen LogP contribution in [0.15, 0.2) is 23.1 Å². The van der Waals surface area contributed by atoms with Gasteiger partial charge in [0.2, 0.25) is 15.9 Å². The van der Waals surface area contributed by atoms with Crippen molar-refractivity contribution in [3.8, 4) is 0 Å². The van der Waals surface area contributed by atoms with Gasteiger partial charge < -0.3 is 10.6 Å². The number of nitrogens with zero attached hydrogens (tertiary/aromatic N) is 2. The number of benzene rings is 1. The number of carbonyl (C=O) groups excluding carboxylic acids is 1. The van der Waals surface area contributed by atoms with E-state index in [0.717, 1.165) is 17.7 Å². The van der Waals surface area contributed by atoms with Gasteiger partial charge in [-0.2, -0.15) is 4.31 Å². The van der Waals surface area contributed by atoms with Gasteiger partial charge in [0.1, 0.15) is 0 Å². The van der Waals surface area contributed by atoms with E-state index in [4.69, 9.17) is 5.73 Å². The van der Waals surface area contributed by atoms with E-state index in [1.54, 1.807) is 17.0 Å². The third-order valence-electron chi connectivity index (χ3n) is 4.90. The summed E-state index contributed by atoms with van der Waals surface area (Å²) in [6.07, 6.45) is 1.44. The Morgan fingerprint density at radius 1 is 1.30 bits per heavy atom. The lowest BCUT2D eigenvalue weighted by Crippen LogP contribution is -2.48. The number of hydrogen-bond donors (Lipinski definition) is 1. The number of anilines is 1. The second-order valence-electron chi connectivity index (χ2n) is 6.50. The Morgan fingerprint density at radius 3 is 2.70 bits per heavy atom. The molecular formula is C16H23N3O3S. The van der Waals surface area contributed by atoms with Crippen LogP contribution in [-0.4, -0.2) is 44.3 Å². The van der Waals surface area contributed by atoms with E-state index in [1.807, 2.05) is 13.0 Å². The number of hydrogen-bond acceptors (Lipinski definition) is 4. The van der Waals surface area contributed by atoms with Crippen molar-refractivity contribution in [2.45, 2.75) is 37.6 Å². The zero-order valence-electron chi connectivity index (χ0n) is 13.5. The van der Waals surface area contributed by atoms with Crippen LogP contribution in [0.1, 0.15) is 25.8 Å². The lowest BCUT2D eigenvalue weighted by Gasteiger charge is -2.34. The summed E-state index contributed by atoms with van der Waals surface area (Å²) in [5.41, 5.74) is 7.73. The van der Waals surface area contributed by atoms with Gasteiger partial charge in [-0.25, -0.2) is 8.42 Å². The maximum absolute atomic E-state index is 12.9. The standard InChI is InChI=1S/C16H23N3O3S/c1-11-10-18(7-6-15(11)17)23(21,22)14-4-3-13-5-8-19(12(2)20)16(13)9-14/h3-4,9,11,15H,5-8,10,17H2,1-2H3. The maximum Gasteiger partial charge on any atom is 0.243 e. The van der Waals surface area contributed by atoms with Crippen molar-refractivity contribution in [1.29, 1.82) is 0 Å². The van der Waals surface area contributed by atoms with Crippen LogP contribution in [0.5, 0.6) is 0 Å². The minimum Gasteiger partial charge on any atom is -0.327 e. The van der Waals surface area contributed by atoms with Gasteiger partial charge in [-0.1, -0.05) is 13.0 Å². The summed E-state index contributed by atoms with van der Waals surface area (Å²) in [4.78, 5) is 13.6. The molecule has 1 aromatic rings. The zero-order chi connectivity index (χ0) is 16.8. The van der Waals surface area contributed by atoms with Crippen molar-refractivity contribution in [3.63, 3.8) is 0 Å². The van der Waals surface area contributed by atoms with E-state index in [1.165, 1.54) is 11.2 Å². The van der Waals surface area contributed by atoms with Gasteiger partial charge in [0.25, 0.3) is 0 Å². The van der Waals surface area contributed by atoms with Gasteiger partial charge in [0, 0.05) is 38.3 Å². The molecule has 3 rings (SSSR count). The number of nitrogens with two attached hydrogens (primary N) is 1. The number of sulfonamides is 1. The molecule has 126 valence electrons. The van der Waals surface area contributed by atoms with Gasteiger partial charge in [0.05, 0.1) is 4.90 Å². The first kappa shape index (κ1) is 16.4. The van der Waals surface area contributed by atoms with Crippen molar-refractivity contribution in [1.82, 2.24) is 4.31 Å². The predicted molar refractivity (Wildman–Crippen MR) is 88.7 cm³/mol. The molecule has 1 aromatic carbocycles. The Labute approximate surface area is 137 Å². The number of piperidine rings is 1. The average Bonchev–Trinajstić information content (AvgIpc) is 2.93. The number of amides is 1. The molecule has 23 heavy (non-hydrogen) atoms. The van der Waals surface area contributed by atoms with E-state index in [-0.39, 0.29) is 22.8 Å². The van der Waals surface area contributed by atoms with Crippen LogP contribution in [0.2, 0.25) is 0 Å². The highest BCUT2D eigenvalue weighted by molar-refractivity contribution is 7.89. The minimum absolute atomic E-state index is 0.0506. The van der Waals surface area contributed by atoms with Gasteiger partial charge in [-0.05, 0) is 36.5 Å². The van der Waals surface area contributed by atoms with Crippen LogP contribution in [0.25, 0.3) is 0 Å². The van der Waals surface area contributed by atoms with Crippen LogP contribution in [-0.2, 0) is 21.2 Å². The molecule has 2 aliphatic heterocycles. The van der Waals surface area contributed by atoms with Crippen molar-refractivity contribution >= 4 is 21.6 Å². The lowest BCUT2D eigenvalue weighted by molar-refractivity contribution is -0.116. The van der Waals surface area contributed by atoms with Crippen LogP contribution in [0.3, 0.4) is 0 Å². The quantitative estimate of drug-likeness (QED) is 0.871. The Balaban J connectivity index is 1.93. The minimum atomic E-state index is -3.55. The Kier molecular flexibility index (Phi) is 4.20. The SMILES string of the molecule is CC(=O)N1CCc2ccc(S(=O)(=O)N3CCC(N)C(C)C3)cc21. The fourth-order valence-electron chi connectivity index (χ4n) is 3.34. The van der Waals surface area contributed by atoms with Crippen LogP contribution in [0.4, 0.5) is 5.69 Å². The second-order valence-corrected chi connectivity index (χ2v) is 8.44. The topological polar surface area (TPSA) is 83.7 Å². The highest BCUT2D eigenvalue weighted by Gasteiger charge is 2.33. The first-order valence-electron chi connectivity index (χ1n) is 7.97. The first-order valence-corrected chi connectivity index (χ1v) is 9.41. The van der Waals surface area contributed by atoms with Crippen molar-refractivity contribution < 1.29 is 13.2 Å². The fourth-order valence-corrected chi connectivity index (χ4v) is 4.92. The largest absolute Gasteiger partial charge is 0.327 e. The van der Waals surface area contributed by atoms with Gasteiger partial charge >= 0.3 is 0 Å². The molecule has 2 aliphatic rings. The molecular weight excluding hydrogens is 314 g/mol. The summed E-state index contributed by atoms with van der Waals surface area (Å²) in [5.74, 6) is 0.0811. The normalized spacial score (nSPS) is 25.4. The molecule has 6 nitrogen and oxygen atoms in total. The number of carbonyl (C=O) groups is 1. The molecule has 0 bridgehead atoms. The number of rotatable bonds is 2. The van der Waals surface area contributed by atoms with Crippen LogP contribution in [0, 0.1) is 5.92 Å². The third kappa shape index (κ3) is 2.88. The fraction of sp³-hybridized carbons (Fsp3) is 0.562. The lowest BCUT2D eigenvalue weighted by atomic mass is 9.96. The summed E-state index contributed by atoms with van der Waals surface area (Å²) < 4.78 is 27.3. The predicted octanol–water partition coefficient (Wildman–Crippen LogP) is 0.953. The molecule has 2 unspecified atom stereocenters. The second kappa shape index (κ2) is 5.89. The number of fused-ring (bicyclic) bond motifs is 1. The molecule has 0 aliphatic carbocycles. The van der Waals surface area contributed by atoms with Crippen LogP contribution < -0.4 is 10.6 Å². The molecule has 0 spiro atoms. The first-order chi connectivity index (χ1) is 10.8. The van der Waals surface area contributed by atoms with Crippen molar-refractivity contribution in [3.05, 3.63) is 23.8 Å². The van der Waals surface area contributed by atoms with E-state index in [2.05, 4.69) is 0 Å². The highest BCUT2D eigenvalue weighted by atomic mass is 32.2. The molecule has 1 saturated heterocycles. The molecule has 0 aromatic heterocycles.